The van der Waals surface area contributed by atoms with Gasteiger partial charge in [0.1, 0.15) is 5.03 Å². The number of amides is 1. The molecule has 3 N–H and O–H groups in total. The van der Waals surface area contributed by atoms with Crippen LogP contribution in [0.3, 0.4) is 0 Å². The summed E-state index contributed by atoms with van der Waals surface area (Å²) in [6.07, 6.45) is 1.67. The van der Waals surface area contributed by atoms with Crippen LogP contribution in [0.5, 0.6) is 0 Å². The first-order chi connectivity index (χ1) is 7.50. The Morgan fingerprint density at radius 2 is 2.19 bits per heavy atom. The van der Waals surface area contributed by atoms with E-state index >= 15 is 0 Å². The van der Waals surface area contributed by atoms with E-state index in [0.717, 1.165) is 0 Å². The average molecular weight is 239 g/mol. The second-order valence-electron chi connectivity index (χ2n) is 3.82. The number of nitrogens with two attached hydrogens (primary N) is 1. The fourth-order valence-electron chi connectivity index (χ4n) is 1.12. The molecule has 1 heterocycles. The summed E-state index contributed by atoms with van der Waals surface area (Å²) in [4.78, 5) is 15.8. The van der Waals surface area contributed by atoms with Gasteiger partial charge in [0.2, 0.25) is 5.91 Å². The molecule has 0 aliphatic rings. The van der Waals surface area contributed by atoms with Gasteiger partial charge in [-0.05, 0) is 32.9 Å². The third-order valence-corrected chi connectivity index (χ3v) is 3.02. The molecule has 0 bridgehead atoms. The van der Waals surface area contributed by atoms with Gasteiger partial charge in [-0.15, -0.1) is 0 Å². The van der Waals surface area contributed by atoms with E-state index in [0.29, 0.717) is 10.7 Å². The van der Waals surface area contributed by atoms with E-state index < -0.39 is 0 Å². The molecule has 0 aliphatic carbocycles. The topological polar surface area (TPSA) is 68.0 Å². The van der Waals surface area contributed by atoms with Crippen LogP contribution in [-0.2, 0) is 4.79 Å². The highest BCUT2D eigenvalue weighted by molar-refractivity contribution is 8.00. The first kappa shape index (κ1) is 12.8. The van der Waals surface area contributed by atoms with Crippen molar-refractivity contribution in [3.63, 3.8) is 0 Å². The zero-order chi connectivity index (χ0) is 12.1. The molecular formula is C11H17N3OS. The lowest BCUT2D eigenvalue weighted by atomic mass is 10.3. The molecular weight excluding hydrogens is 222 g/mol. The summed E-state index contributed by atoms with van der Waals surface area (Å²) < 4.78 is 0. The fraction of sp³-hybridized carbons (Fsp3) is 0.455. The molecule has 1 unspecified atom stereocenters. The third-order valence-electron chi connectivity index (χ3n) is 1.89. The molecule has 1 amide bonds. The van der Waals surface area contributed by atoms with E-state index in [2.05, 4.69) is 10.3 Å². The van der Waals surface area contributed by atoms with Crippen LogP contribution in [0.15, 0.2) is 23.4 Å². The molecule has 0 spiro atoms. The summed E-state index contributed by atoms with van der Waals surface area (Å²) in [5.41, 5.74) is 6.36. The van der Waals surface area contributed by atoms with Crippen LogP contribution in [0.25, 0.3) is 0 Å². The number of carbonyl (C=O) groups excluding carboxylic acids is 1. The third kappa shape index (κ3) is 3.73. The highest BCUT2D eigenvalue weighted by Crippen LogP contribution is 2.25. The molecule has 16 heavy (non-hydrogen) atoms. The molecule has 1 aromatic rings. The number of nitrogens with one attached hydrogen (secondary N) is 1. The summed E-state index contributed by atoms with van der Waals surface area (Å²) >= 11 is 1.37. The Kier molecular flexibility index (Phi) is 4.61. The Morgan fingerprint density at radius 3 is 2.75 bits per heavy atom. The van der Waals surface area contributed by atoms with Crippen LogP contribution >= 0.6 is 11.8 Å². The summed E-state index contributed by atoms with van der Waals surface area (Å²) in [7, 11) is 0. The van der Waals surface area contributed by atoms with Gasteiger partial charge in [-0.3, -0.25) is 4.79 Å². The van der Waals surface area contributed by atoms with Crippen molar-refractivity contribution < 1.29 is 4.79 Å². The molecule has 0 radical (unpaired) electrons. The van der Waals surface area contributed by atoms with Gasteiger partial charge in [0.05, 0.1) is 10.9 Å². The van der Waals surface area contributed by atoms with E-state index in [1.807, 2.05) is 20.8 Å². The van der Waals surface area contributed by atoms with E-state index in [9.17, 15) is 4.79 Å². The average Bonchev–Trinajstić information content (AvgIpc) is 2.20. The minimum atomic E-state index is -0.195. The SMILES string of the molecule is CC(C)NC(=O)C(C)Sc1ncccc1N. The molecule has 1 atom stereocenters. The summed E-state index contributed by atoms with van der Waals surface area (Å²) in [6, 6.07) is 3.71. The van der Waals surface area contributed by atoms with Crippen LogP contribution in [0.1, 0.15) is 20.8 Å². The number of thioether (sulfide) groups is 1. The summed E-state index contributed by atoms with van der Waals surface area (Å²) in [6.45, 7) is 5.71. The molecule has 88 valence electrons. The van der Waals surface area contributed by atoms with Gasteiger partial charge in [0, 0.05) is 12.2 Å². The molecule has 1 aromatic heterocycles. The molecule has 0 aromatic carbocycles. The highest BCUT2D eigenvalue weighted by Gasteiger charge is 2.16. The minimum Gasteiger partial charge on any atom is -0.397 e. The maximum atomic E-state index is 11.7. The predicted octanol–water partition coefficient (Wildman–Crippen LogP) is 1.67. The number of pyridine rings is 1. The Bertz CT molecular complexity index is 368. The maximum Gasteiger partial charge on any atom is 0.233 e. The number of hydrogen-bond donors (Lipinski definition) is 2. The number of nitrogen functional groups attached to an aromatic ring is 1. The van der Waals surface area contributed by atoms with Crippen molar-refractivity contribution in [1.29, 1.82) is 0 Å². The van der Waals surface area contributed by atoms with E-state index in [4.69, 9.17) is 5.73 Å². The number of aromatic nitrogens is 1. The van der Waals surface area contributed by atoms with Crippen molar-refractivity contribution in [2.75, 3.05) is 5.73 Å². The minimum absolute atomic E-state index is 0.00468. The van der Waals surface area contributed by atoms with Crippen LogP contribution in [-0.4, -0.2) is 22.2 Å². The van der Waals surface area contributed by atoms with Gasteiger partial charge in [-0.1, -0.05) is 11.8 Å². The quantitative estimate of drug-likeness (QED) is 0.784. The fourth-order valence-corrected chi connectivity index (χ4v) is 1.96. The number of carbonyl (C=O) groups is 1. The van der Waals surface area contributed by atoms with Gasteiger partial charge in [-0.25, -0.2) is 4.98 Å². The lowest BCUT2D eigenvalue weighted by molar-refractivity contribution is -0.120. The number of rotatable bonds is 4. The molecule has 0 aliphatic heterocycles. The second-order valence-corrected chi connectivity index (χ2v) is 5.15. The Hall–Kier alpha value is -1.23. The zero-order valence-electron chi connectivity index (χ0n) is 9.73. The first-order valence-electron chi connectivity index (χ1n) is 5.18. The van der Waals surface area contributed by atoms with Crippen LogP contribution in [0.4, 0.5) is 5.69 Å². The monoisotopic (exact) mass is 239 g/mol. The number of nitrogens with zero attached hydrogens (tertiary/aromatic N) is 1. The standard InChI is InChI=1S/C11H17N3OS/c1-7(2)14-10(15)8(3)16-11-9(12)5-4-6-13-11/h4-8H,12H2,1-3H3,(H,14,15). The van der Waals surface area contributed by atoms with Crippen molar-refractivity contribution in [3.8, 4) is 0 Å². The predicted molar refractivity (Wildman–Crippen MR) is 67.2 cm³/mol. The number of hydrogen-bond acceptors (Lipinski definition) is 4. The largest absolute Gasteiger partial charge is 0.397 e. The second kappa shape index (κ2) is 5.75. The van der Waals surface area contributed by atoms with Crippen LogP contribution < -0.4 is 11.1 Å². The number of anilines is 1. The smallest absolute Gasteiger partial charge is 0.233 e. The van der Waals surface area contributed by atoms with Gasteiger partial charge < -0.3 is 11.1 Å². The Balaban J connectivity index is 2.61. The van der Waals surface area contributed by atoms with E-state index in [-0.39, 0.29) is 17.2 Å². The van der Waals surface area contributed by atoms with Crippen molar-refractivity contribution in [2.45, 2.75) is 37.1 Å². The summed E-state index contributed by atoms with van der Waals surface area (Å²) in [5, 5.41) is 3.36. The molecule has 0 fully saturated rings. The summed E-state index contributed by atoms with van der Waals surface area (Å²) in [5.74, 6) is 0.00468. The Morgan fingerprint density at radius 1 is 1.50 bits per heavy atom. The van der Waals surface area contributed by atoms with Crippen molar-refractivity contribution in [1.82, 2.24) is 10.3 Å². The van der Waals surface area contributed by atoms with Crippen molar-refractivity contribution in [3.05, 3.63) is 18.3 Å². The molecule has 1 rings (SSSR count). The van der Waals surface area contributed by atoms with Gasteiger partial charge in [-0.2, -0.15) is 0 Å². The lowest BCUT2D eigenvalue weighted by Gasteiger charge is -2.14. The maximum absolute atomic E-state index is 11.7. The molecule has 0 saturated carbocycles. The van der Waals surface area contributed by atoms with E-state index in [1.165, 1.54) is 11.8 Å². The van der Waals surface area contributed by atoms with Gasteiger partial charge >= 0.3 is 0 Å². The lowest BCUT2D eigenvalue weighted by Crippen LogP contribution is -2.35. The highest BCUT2D eigenvalue weighted by atomic mass is 32.2. The van der Waals surface area contributed by atoms with Crippen molar-refractivity contribution in [2.24, 2.45) is 0 Å². The molecule has 0 saturated heterocycles. The zero-order valence-corrected chi connectivity index (χ0v) is 10.5. The van der Waals surface area contributed by atoms with Gasteiger partial charge in [0.15, 0.2) is 0 Å². The molecule has 4 nitrogen and oxygen atoms in total. The molecule has 5 heteroatoms. The van der Waals surface area contributed by atoms with Crippen molar-refractivity contribution >= 4 is 23.4 Å². The Labute approximate surface area is 100 Å². The van der Waals surface area contributed by atoms with E-state index in [1.54, 1.807) is 18.3 Å². The first-order valence-corrected chi connectivity index (χ1v) is 6.06. The van der Waals surface area contributed by atoms with Gasteiger partial charge in [0.25, 0.3) is 0 Å². The normalized spacial score (nSPS) is 12.5. The van der Waals surface area contributed by atoms with Crippen LogP contribution in [0.2, 0.25) is 0 Å². The van der Waals surface area contributed by atoms with Crippen LogP contribution in [0, 0.1) is 0 Å².